The van der Waals surface area contributed by atoms with Crippen LogP contribution < -0.4 is 0 Å². The molecule has 1 aliphatic heterocycles. The van der Waals surface area contributed by atoms with Gasteiger partial charge >= 0.3 is 7.25 Å². The standard InChI is InChI=1S/C14H11S2.BF4/c1-2-16-13-9-5-3-7-11(13)15-12-8-4-6-10-14(12)16;2-1(3,4)5/h2-10H,1H2;/q+1;-1/i1D2,2D;. The summed E-state index contributed by atoms with van der Waals surface area (Å²) in [5.41, 5.74) is 0. The van der Waals surface area contributed by atoms with Crippen molar-refractivity contribution in [2.45, 2.75) is 19.6 Å². The highest BCUT2D eigenvalue weighted by Gasteiger charge is 2.33. The Morgan fingerprint density at radius 1 is 1.00 bits per heavy atom. The molecular formula is C14H11BF4S2. The number of halogens is 4. The Hall–Kier alpha value is -1.34. The molecule has 3 rings (SSSR count). The van der Waals surface area contributed by atoms with E-state index in [0.717, 1.165) is 19.6 Å². The first kappa shape index (κ1) is 12.2. The Morgan fingerprint density at radius 2 is 1.43 bits per heavy atom. The number of rotatable bonds is 1. The molecule has 2 aromatic rings. The lowest BCUT2D eigenvalue weighted by molar-refractivity contribution is 0.368. The molecule has 0 radical (unpaired) electrons. The minimum Gasteiger partial charge on any atom is -0.418 e. The third kappa shape index (κ3) is 4.31. The Kier molecular flexibility index (Phi) is 3.86. The van der Waals surface area contributed by atoms with Gasteiger partial charge in [-0.25, -0.2) is 0 Å². The Labute approximate surface area is 131 Å². The highest BCUT2D eigenvalue weighted by Crippen LogP contribution is 2.45. The Balaban J connectivity index is 0.000000368. The summed E-state index contributed by atoms with van der Waals surface area (Å²) in [5, 5.41) is 0.0835. The van der Waals surface area contributed by atoms with Gasteiger partial charge in [0, 0.05) is 0 Å². The fourth-order valence-electron chi connectivity index (χ4n) is 1.75. The minimum atomic E-state index is -6.00. The molecule has 0 aliphatic carbocycles. The summed E-state index contributed by atoms with van der Waals surface area (Å²) in [5.74, 6) is 0. The molecule has 0 saturated carbocycles. The maximum Gasteiger partial charge on any atom is 0.673 e. The minimum absolute atomic E-state index is 0.0835. The average molecular weight is 333 g/mol. The molecule has 110 valence electrons. The van der Waals surface area contributed by atoms with Crippen LogP contribution in [0.1, 0.15) is 4.11 Å². The SMILES string of the molecule is F[B-](F)(F)F.[2H]C([2H])=C([2H])[S+]1c2ccccc2Sc2ccccc21. The van der Waals surface area contributed by atoms with Crippen LogP contribution >= 0.6 is 11.8 Å². The zero-order valence-electron chi connectivity index (χ0n) is 13.5. The summed E-state index contributed by atoms with van der Waals surface area (Å²) in [7, 11) is -6.62. The lowest BCUT2D eigenvalue weighted by atomic mass is 10.3. The predicted molar refractivity (Wildman–Crippen MR) is 81.3 cm³/mol. The lowest BCUT2D eigenvalue weighted by Gasteiger charge is -2.15. The number of benzene rings is 2. The lowest BCUT2D eigenvalue weighted by Crippen LogP contribution is -2.06. The van der Waals surface area contributed by atoms with Crippen LogP contribution in [0.2, 0.25) is 0 Å². The van der Waals surface area contributed by atoms with Crippen LogP contribution in [0.25, 0.3) is 0 Å². The van der Waals surface area contributed by atoms with E-state index in [1.54, 1.807) is 11.8 Å². The summed E-state index contributed by atoms with van der Waals surface area (Å²) in [6, 6.07) is 15.9. The normalized spacial score (nSPS) is 15.3. The van der Waals surface area contributed by atoms with Crippen LogP contribution in [0, 0.1) is 0 Å². The first-order valence-electron chi connectivity index (χ1n) is 7.30. The van der Waals surface area contributed by atoms with E-state index >= 15 is 0 Å². The van der Waals surface area contributed by atoms with Gasteiger partial charge in [-0.3, -0.25) is 0 Å². The van der Waals surface area contributed by atoms with Crippen molar-refractivity contribution >= 4 is 29.9 Å². The van der Waals surface area contributed by atoms with E-state index in [0.29, 0.717) is 0 Å². The number of fused-ring (bicyclic) bond motifs is 2. The van der Waals surface area contributed by atoms with Crippen molar-refractivity contribution < 1.29 is 21.4 Å². The van der Waals surface area contributed by atoms with Gasteiger partial charge in [0.25, 0.3) is 0 Å². The van der Waals surface area contributed by atoms with Crippen molar-refractivity contribution in [3.63, 3.8) is 0 Å². The summed E-state index contributed by atoms with van der Waals surface area (Å²) < 4.78 is 62.0. The van der Waals surface area contributed by atoms with E-state index in [9.17, 15) is 17.3 Å². The molecule has 2 aromatic carbocycles. The van der Waals surface area contributed by atoms with E-state index in [1.807, 2.05) is 48.5 Å². The molecule has 0 spiro atoms. The molecule has 0 aromatic heterocycles. The second-order valence-electron chi connectivity index (χ2n) is 3.90. The molecule has 0 saturated heterocycles. The maximum atomic E-state index is 9.75. The van der Waals surface area contributed by atoms with Crippen LogP contribution in [-0.4, -0.2) is 7.25 Å². The fraction of sp³-hybridized carbons (Fsp3) is 0. The van der Waals surface area contributed by atoms with E-state index < -0.39 is 24.7 Å². The van der Waals surface area contributed by atoms with Crippen LogP contribution in [0.5, 0.6) is 0 Å². The topological polar surface area (TPSA) is 0 Å². The molecule has 1 heterocycles. The van der Waals surface area contributed by atoms with Gasteiger partial charge in [-0.1, -0.05) is 42.6 Å². The first-order chi connectivity index (χ1) is 11.2. The van der Waals surface area contributed by atoms with Crippen molar-refractivity contribution in [3.05, 3.63) is 60.4 Å². The predicted octanol–water partition coefficient (Wildman–Crippen LogP) is 5.63. The van der Waals surface area contributed by atoms with Crippen LogP contribution in [0.15, 0.2) is 80.0 Å². The van der Waals surface area contributed by atoms with Crippen LogP contribution in [0.4, 0.5) is 17.3 Å². The molecule has 0 N–H and O–H groups in total. The van der Waals surface area contributed by atoms with Crippen LogP contribution in [0.3, 0.4) is 0 Å². The van der Waals surface area contributed by atoms with Crippen LogP contribution in [-0.2, 0) is 10.9 Å². The molecule has 0 fully saturated rings. The zero-order chi connectivity index (χ0) is 17.9. The quantitative estimate of drug-likeness (QED) is 0.370. The van der Waals surface area contributed by atoms with E-state index in [2.05, 4.69) is 0 Å². The molecule has 0 nitrogen and oxygen atoms in total. The molecular weight excluding hydrogens is 319 g/mol. The Morgan fingerprint density at radius 3 is 1.86 bits per heavy atom. The molecule has 21 heavy (non-hydrogen) atoms. The van der Waals surface area contributed by atoms with Gasteiger partial charge in [-0.05, 0) is 24.3 Å². The molecule has 0 amide bonds. The van der Waals surface area contributed by atoms with Gasteiger partial charge in [0.2, 0.25) is 0 Å². The van der Waals surface area contributed by atoms with Gasteiger partial charge in [0.15, 0.2) is 9.79 Å². The van der Waals surface area contributed by atoms with Gasteiger partial charge < -0.3 is 17.3 Å². The van der Waals surface area contributed by atoms with Gasteiger partial charge in [-0.2, -0.15) is 0 Å². The van der Waals surface area contributed by atoms with E-state index in [-0.39, 0.29) is 5.38 Å². The summed E-state index contributed by atoms with van der Waals surface area (Å²) in [6.07, 6.45) is 0. The Bertz CT molecular complexity index is 712. The molecule has 7 heteroatoms. The van der Waals surface area contributed by atoms with Crippen molar-refractivity contribution in [1.29, 1.82) is 0 Å². The van der Waals surface area contributed by atoms with Gasteiger partial charge in [0.1, 0.15) is 6.75 Å². The highest BCUT2D eigenvalue weighted by atomic mass is 32.2. The van der Waals surface area contributed by atoms with Crippen molar-refractivity contribution in [2.24, 2.45) is 0 Å². The number of hydrogen-bond acceptors (Lipinski definition) is 1. The third-order valence-electron chi connectivity index (χ3n) is 2.46. The average Bonchev–Trinajstić information content (AvgIpc) is 2.50. The third-order valence-corrected chi connectivity index (χ3v) is 5.67. The molecule has 1 aliphatic rings. The second-order valence-corrected chi connectivity index (χ2v) is 6.68. The highest BCUT2D eigenvalue weighted by molar-refractivity contribution is 8.05. The summed E-state index contributed by atoms with van der Waals surface area (Å²) >= 11 is 1.69. The van der Waals surface area contributed by atoms with E-state index in [1.165, 1.54) is 0 Å². The summed E-state index contributed by atoms with van der Waals surface area (Å²) in [6.45, 7) is -0.403. The van der Waals surface area contributed by atoms with Crippen molar-refractivity contribution in [3.8, 4) is 0 Å². The fourth-order valence-corrected chi connectivity index (χ4v) is 4.80. The maximum absolute atomic E-state index is 9.75. The largest absolute Gasteiger partial charge is 0.673 e. The molecule has 0 unspecified atom stereocenters. The van der Waals surface area contributed by atoms with Gasteiger partial charge in [-0.15, -0.1) is 0 Å². The van der Waals surface area contributed by atoms with Gasteiger partial charge in [0.05, 0.1) is 23.4 Å². The first-order valence-corrected chi connectivity index (χ1v) is 7.84. The molecule has 0 bridgehead atoms. The summed E-state index contributed by atoms with van der Waals surface area (Å²) in [4.78, 5) is 4.34. The van der Waals surface area contributed by atoms with Crippen molar-refractivity contribution in [2.75, 3.05) is 0 Å². The smallest absolute Gasteiger partial charge is 0.418 e. The zero-order valence-corrected chi connectivity index (χ0v) is 12.2. The van der Waals surface area contributed by atoms with Crippen molar-refractivity contribution in [1.82, 2.24) is 0 Å². The monoisotopic (exact) mass is 333 g/mol. The van der Waals surface area contributed by atoms with E-state index in [4.69, 9.17) is 4.11 Å². The molecule has 0 atom stereocenters. The number of hydrogen-bond donors (Lipinski definition) is 0. The second kappa shape index (κ2) is 6.62.